The van der Waals surface area contributed by atoms with E-state index in [-0.39, 0.29) is 16.8 Å². The second-order valence-corrected chi connectivity index (χ2v) is 10.6. The summed E-state index contributed by atoms with van der Waals surface area (Å²) < 4.78 is 11.0. The van der Waals surface area contributed by atoms with Crippen LogP contribution in [0.5, 0.6) is 5.75 Å². The summed E-state index contributed by atoms with van der Waals surface area (Å²) in [4.78, 5) is 11.7. The lowest BCUT2D eigenvalue weighted by molar-refractivity contribution is 0.0600. The van der Waals surface area contributed by atoms with E-state index in [1.54, 1.807) is 12.1 Å². The Balaban J connectivity index is 1.82. The molecule has 0 amide bonds. The van der Waals surface area contributed by atoms with Gasteiger partial charge in [0, 0.05) is 5.92 Å². The van der Waals surface area contributed by atoms with Crippen molar-refractivity contribution >= 4 is 5.97 Å². The second kappa shape index (κ2) is 10.1. The van der Waals surface area contributed by atoms with Gasteiger partial charge in [0.15, 0.2) is 0 Å². The Labute approximate surface area is 194 Å². The highest BCUT2D eigenvalue weighted by molar-refractivity contribution is 5.89. The quantitative estimate of drug-likeness (QED) is 0.300. The molecule has 0 radical (unpaired) electrons. The first kappa shape index (κ1) is 24.4. The lowest BCUT2D eigenvalue weighted by atomic mass is 9.62. The molecule has 1 atom stereocenters. The molecule has 0 aliphatic heterocycles. The van der Waals surface area contributed by atoms with Crippen LogP contribution in [0.4, 0.5) is 0 Å². The Hall–Kier alpha value is -2.29. The molecular weight excluding hydrogens is 396 g/mol. The number of hydrogen-bond acceptors (Lipinski definition) is 3. The Morgan fingerprint density at radius 1 is 0.938 bits per heavy atom. The first-order chi connectivity index (χ1) is 15.2. The van der Waals surface area contributed by atoms with Gasteiger partial charge in [-0.3, -0.25) is 0 Å². The third kappa shape index (κ3) is 5.54. The number of methoxy groups -OCH3 is 1. The smallest absolute Gasteiger partial charge is 0.337 e. The second-order valence-electron chi connectivity index (χ2n) is 10.6. The van der Waals surface area contributed by atoms with Crippen LogP contribution in [-0.4, -0.2) is 19.7 Å². The molecule has 0 aromatic heterocycles. The predicted octanol–water partition coefficient (Wildman–Crippen LogP) is 7.57. The molecule has 0 heterocycles. The summed E-state index contributed by atoms with van der Waals surface area (Å²) in [6.45, 7) is 12.4. The highest BCUT2D eigenvalue weighted by Gasteiger charge is 2.37. The zero-order valence-electron chi connectivity index (χ0n) is 20.8. The standard InChI is InChI=1S/C29H40O3/c1-7-8-9-10-23(20-32-24-14-11-21(12-15-24)27(30)31-6)22-13-16-25-26(19-22)29(4,5)18-17-28(25,2)3/h11-16,19,23H,7-10,17-18,20H2,1-6H3. The zero-order valence-corrected chi connectivity index (χ0v) is 20.8. The average Bonchev–Trinajstić information content (AvgIpc) is 2.79. The van der Waals surface area contributed by atoms with Crippen LogP contribution in [0.3, 0.4) is 0 Å². The van der Waals surface area contributed by atoms with Gasteiger partial charge in [0.25, 0.3) is 0 Å². The van der Waals surface area contributed by atoms with Gasteiger partial charge in [-0.1, -0.05) is 72.1 Å². The van der Waals surface area contributed by atoms with E-state index in [0.717, 1.165) is 12.2 Å². The summed E-state index contributed by atoms with van der Waals surface area (Å²) in [6, 6.07) is 14.4. The van der Waals surface area contributed by atoms with E-state index >= 15 is 0 Å². The first-order valence-corrected chi connectivity index (χ1v) is 12.1. The maximum absolute atomic E-state index is 11.7. The van der Waals surface area contributed by atoms with E-state index < -0.39 is 0 Å². The van der Waals surface area contributed by atoms with Crippen molar-refractivity contribution in [1.29, 1.82) is 0 Å². The molecule has 1 aliphatic carbocycles. The van der Waals surface area contributed by atoms with Crippen LogP contribution in [0.1, 0.15) is 106 Å². The lowest BCUT2D eigenvalue weighted by Gasteiger charge is -2.42. The van der Waals surface area contributed by atoms with E-state index in [2.05, 4.69) is 52.8 Å². The molecule has 0 saturated heterocycles. The third-order valence-electron chi connectivity index (χ3n) is 7.23. The Bertz CT molecular complexity index is 908. The maximum atomic E-state index is 11.7. The summed E-state index contributed by atoms with van der Waals surface area (Å²) >= 11 is 0. The Morgan fingerprint density at radius 3 is 2.22 bits per heavy atom. The fourth-order valence-corrected chi connectivity index (χ4v) is 4.85. The largest absolute Gasteiger partial charge is 0.493 e. The molecule has 3 nitrogen and oxygen atoms in total. The highest BCUT2D eigenvalue weighted by atomic mass is 16.5. The summed E-state index contributed by atoms with van der Waals surface area (Å²) in [5.74, 6) is 0.819. The van der Waals surface area contributed by atoms with Gasteiger partial charge in [-0.25, -0.2) is 4.79 Å². The van der Waals surface area contributed by atoms with Crippen molar-refractivity contribution in [3.05, 3.63) is 64.7 Å². The molecule has 174 valence electrons. The number of ether oxygens (including phenoxy) is 2. The number of unbranched alkanes of at least 4 members (excludes halogenated alkanes) is 2. The monoisotopic (exact) mass is 436 g/mol. The van der Waals surface area contributed by atoms with E-state index in [9.17, 15) is 4.79 Å². The maximum Gasteiger partial charge on any atom is 0.337 e. The van der Waals surface area contributed by atoms with Crippen LogP contribution in [0, 0.1) is 0 Å². The lowest BCUT2D eigenvalue weighted by Crippen LogP contribution is -2.34. The van der Waals surface area contributed by atoms with Gasteiger partial charge in [0.1, 0.15) is 5.75 Å². The van der Waals surface area contributed by atoms with Crippen LogP contribution in [0.2, 0.25) is 0 Å². The minimum Gasteiger partial charge on any atom is -0.493 e. The molecule has 3 rings (SSSR count). The van der Waals surface area contributed by atoms with Crippen molar-refractivity contribution in [3.8, 4) is 5.75 Å². The number of fused-ring (bicyclic) bond motifs is 1. The van der Waals surface area contributed by atoms with E-state index in [0.29, 0.717) is 18.1 Å². The molecule has 1 unspecified atom stereocenters. The molecule has 0 N–H and O–H groups in total. The van der Waals surface area contributed by atoms with Gasteiger partial charge in [-0.2, -0.15) is 0 Å². The highest BCUT2D eigenvalue weighted by Crippen LogP contribution is 2.46. The third-order valence-corrected chi connectivity index (χ3v) is 7.23. The van der Waals surface area contributed by atoms with Crippen molar-refractivity contribution in [3.63, 3.8) is 0 Å². The molecule has 0 saturated carbocycles. The molecular formula is C29H40O3. The van der Waals surface area contributed by atoms with Crippen LogP contribution in [0.25, 0.3) is 0 Å². The van der Waals surface area contributed by atoms with Crippen LogP contribution < -0.4 is 4.74 Å². The van der Waals surface area contributed by atoms with E-state index in [1.807, 2.05) is 12.1 Å². The number of hydrogen-bond donors (Lipinski definition) is 0. The number of benzene rings is 2. The number of carbonyl (C=O) groups excluding carboxylic acids is 1. The number of esters is 1. The van der Waals surface area contributed by atoms with Crippen molar-refractivity contribution in [2.75, 3.05) is 13.7 Å². The van der Waals surface area contributed by atoms with Gasteiger partial charge < -0.3 is 9.47 Å². The topological polar surface area (TPSA) is 35.5 Å². The molecule has 2 aromatic carbocycles. The average molecular weight is 437 g/mol. The van der Waals surface area contributed by atoms with Gasteiger partial charge in [-0.15, -0.1) is 0 Å². The SMILES string of the molecule is CCCCCC(COc1ccc(C(=O)OC)cc1)c1ccc2c(c1)C(C)(C)CCC2(C)C. The molecule has 0 fully saturated rings. The van der Waals surface area contributed by atoms with Gasteiger partial charge >= 0.3 is 5.97 Å². The van der Waals surface area contributed by atoms with Gasteiger partial charge in [0.2, 0.25) is 0 Å². The zero-order chi connectivity index (χ0) is 23.4. The van der Waals surface area contributed by atoms with Crippen molar-refractivity contribution in [2.24, 2.45) is 0 Å². The van der Waals surface area contributed by atoms with Gasteiger partial charge in [-0.05, 0) is 71.0 Å². The van der Waals surface area contributed by atoms with Crippen LogP contribution >= 0.6 is 0 Å². The normalized spacial score (nSPS) is 17.3. The summed E-state index contributed by atoms with van der Waals surface area (Å²) in [6.07, 6.45) is 7.24. The van der Waals surface area contributed by atoms with Crippen molar-refractivity contribution < 1.29 is 14.3 Å². The molecule has 0 bridgehead atoms. The van der Waals surface area contributed by atoms with Crippen molar-refractivity contribution in [2.45, 2.75) is 89.9 Å². The predicted molar refractivity (Wildman–Crippen MR) is 132 cm³/mol. The van der Waals surface area contributed by atoms with Crippen molar-refractivity contribution in [1.82, 2.24) is 0 Å². The molecule has 2 aromatic rings. The minimum atomic E-state index is -0.325. The minimum absolute atomic E-state index is 0.208. The Kier molecular flexibility index (Phi) is 7.69. The fraction of sp³-hybridized carbons (Fsp3) is 0.552. The van der Waals surface area contributed by atoms with Crippen LogP contribution in [-0.2, 0) is 15.6 Å². The van der Waals surface area contributed by atoms with Crippen LogP contribution in [0.15, 0.2) is 42.5 Å². The summed E-state index contributed by atoms with van der Waals surface area (Å²) in [7, 11) is 1.40. The first-order valence-electron chi connectivity index (χ1n) is 12.1. The number of rotatable bonds is 9. The molecule has 3 heteroatoms. The molecule has 1 aliphatic rings. The van der Waals surface area contributed by atoms with E-state index in [1.165, 1.54) is 55.9 Å². The molecule has 32 heavy (non-hydrogen) atoms. The van der Waals surface area contributed by atoms with Gasteiger partial charge in [0.05, 0.1) is 19.3 Å². The summed E-state index contributed by atoms with van der Waals surface area (Å²) in [5, 5.41) is 0. The fourth-order valence-electron chi connectivity index (χ4n) is 4.85. The number of carbonyl (C=O) groups is 1. The van der Waals surface area contributed by atoms with E-state index in [4.69, 9.17) is 9.47 Å². The summed E-state index contributed by atoms with van der Waals surface area (Å²) in [5.41, 5.74) is 5.38. The Morgan fingerprint density at radius 2 is 1.59 bits per heavy atom. The molecule has 0 spiro atoms.